The molecule has 1 fully saturated rings. The van der Waals surface area contributed by atoms with Crippen molar-refractivity contribution in [3.05, 3.63) is 10.6 Å². The third-order valence-corrected chi connectivity index (χ3v) is 5.44. The van der Waals surface area contributed by atoms with Crippen molar-refractivity contribution in [2.75, 3.05) is 25.0 Å². The van der Waals surface area contributed by atoms with Gasteiger partial charge in [0, 0.05) is 30.9 Å². The van der Waals surface area contributed by atoms with Crippen LogP contribution in [0.5, 0.6) is 0 Å². The molecule has 1 aromatic heterocycles. The number of nitrogens with zero attached hydrogens (tertiary/aromatic N) is 3. The first-order chi connectivity index (χ1) is 12.6. The van der Waals surface area contributed by atoms with Gasteiger partial charge < -0.3 is 25.0 Å². The van der Waals surface area contributed by atoms with E-state index in [1.165, 1.54) is 16.2 Å². The molecule has 2 N–H and O–H groups in total. The molecule has 0 radical (unpaired) electrons. The van der Waals surface area contributed by atoms with Crippen molar-refractivity contribution in [3.8, 4) is 0 Å². The summed E-state index contributed by atoms with van der Waals surface area (Å²) in [5.74, 6) is -0.490. The summed E-state index contributed by atoms with van der Waals surface area (Å²) in [6, 6.07) is 0. The van der Waals surface area contributed by atoms with Gasteiger partial charge in [0.05, 0.1) is 18.2 Å². The first kappa shape index (κ1) is 19.4. The molecule has 0 unspecified atom stereocenters. The molecule has 10 heteroatoms. The Labute approximate surface area is 161 Å². The maximum absolute atomic E-state index is 12.5. The lowest BCUT2D eigenvalue weighted by molar-refractivity contribution is -0.119. The highest BCUT2D eigenvalue weighted by atomic mass is 32.1. The Kier molecular flexibility index (Phi) is 5.27. The maximum atomic E-state index is 12.5. The Hall–Kier alpha value is -2.36. The van der Waals surface area contributed by atoms with Crippen molar-refractivity contribution < 1.29 is 24.2 Å². The molecule has 27 heavy (non-hydrogen) atoms. The van der Waals surface area contributed by atoms with Crippen LogP contribution in [0.3, 0.4) is 0 Å². The number of rotatable bonds is 2. The second-order valence-corrected chi connectivity index (χ2v) is 8.83. The lowest BCUT2D eigenvalue weighted by atomic mass is 10.1. The lowest BCUT2D eigenvalue weighted by Crippen LogP contribution is -2.36. The molecule has 3 rings (SSSR count). The minimum absolute atomic E-state index is 0.178. The maximum Gasteiger partial charge on any atom is 0.410 e. The highest BCUT2D eigenvalue weighted by Gasteiger charge is 2.34. The minimum Gasteiger partial charge on any atom is -0.465 e. The van der Waals surface area contributed by atoms with E-state index >= 15 is 0 Å². The molecule has 0 aromatic carbocycles. The number of carbonyl (C=O) groups excluding carboxylic acids is 2. The van der Waals surface area contributed by atoms with Crippen molar-refractivity contribution in [3.63, 3.8) is 0 Å². The molecule has 2 aliphatic heterocycles. The highest BCUT2D eigenvalue weighted by molar-refractivity contribution is 7.15. The molecule has 0 bridgehead atoms. The minimum atomic E-state index is -0.951. The predicted molar refractivity (Wildman–Crippen MR) is 98.8 cm³/mol. The Balaban J connectivity index is 1.56. The molecule has 2 aliphatic rings. The molecular weight excluding hydrogens is 372 g/mol. The van der Waals surface area contributed by atoms with Crippen LogP contribution >= 0.6 is 11.3 Å². The SMILES string of the molecule is CC(C)(C)OC(=O)N1CC[C@H](C(=O)Nc2nc3c(s2)CN(C(=O)O)CC3)C1. The van der Waals surface area contributed by atoms with Crippen LogP contribution in [0.15, 0.2) is 0 Å². The van der Waals surface area contributed by atoms with Crippen LogP contribution < -0.4 is 5.32 Å². The van der Waals surface area contributed by atoms with E-state index in [-0.39, 0.29) is 11.8 Å². The first-order valence-electron chi connectivity index (χ1n) is 8.87. The summed E-state index contributed by atoms with van der Waals surface area (Å²) in [5.41, 5.74) is 0.274. The summed E-state index contributed by atoms with van der Waals surface area (Å²) in [7, 11) is 0. The summed E-state index contributed by atoms with van der Waals surface area (Å²) in [4.78, 5) is 43.9. The largest absolute Gasteiger partial charge is 0.465 e. The van der Waals surface area contributed by atoms with E-state index in [4.69, 9.17) is 9.84 Å². The van der Waals surface area contributed by atoms with Crippen LogP contribution in [0, 0.1) is 5.92 Å². The van der Waals surface area contributed by atoms with Gasteiger partial charge >= 0.3 is 12.2 Å². The fourth-order valence-electron chi connectivity index (χ4n) is 3.09. The second kappa shape index (κ2) is 7.34. The van der Waals surface area contributed by atoms with E-state index in [0.717, 1.165) is 10.6 Å². The number of likely N-dealkylation sites (tertiary alicyclic amines) is 1. The Morgan fingerprint density at radius 1 is 1.26 bits per heavy atom. The van der Waals surface area contributed by atoms with Crippen LogP contribution in [-0.2, 0) is 22.5 Å². The van der Waals surface area contributed by atoms with Gasteiger partial charge in [-0.2, -0.15) is 0 Å². The fourth-order valence-corrected chi connectivity index (χ4v) is 4.11. The van der Waals surface area contributed by atoms with Crippen LogP contribution in [-0.4, -0.2) is 63.2 Å². The number of carboxylic acid groups (broad SMARTS) is 1. The van der Waals surface area contributed by atoms with Crippen LogP contribution in [0.25, 0.3) is 0 Å². The number of anilines is 1. The van der Waals surface area contributed by atoms with Crippen molar-refractivity contribution in [1.29, 1.82) is 0 Å². The number of hydrogen-bond donors (Lipinski definition) is 2. The molecule has 0 spiro atoms. The molecule has 0 aliphatic carbocycles. The average Bonchev–Trinajstić information content (AvgIpc) is 3.19. The molecule has 0 saturated carbocycles. The molecule has 1 aromatic rings. The van der Waals surface area contributed by atoms with E-state index in [9.17, 15) is 14.4 Å². The van der Waals surface area contributed by atoms with E-state index in [0.29, 0.717) is 44.2 Å². The molecule has 1 atom stereocenters. The quantitative estimate of drug-likeness (QED) is 0.794. The van der Waals surface area contributed by atoms with Crippen molar-refractivity contribution >= 4 is 34.6 Å². The zero-order valence-electron chi connectivity index (χ0n) is 15.7. The van der Waals surface area contributed by atoms with Gasteiger partial charge in [0.1, 0.15) is 5.60 Å². The van der Waals surface area contributed by atoms with Gasteiger partial charge in [-0.1, -0.05) is 11.3 Å². The van der Waals surface area contributed by atoms with Gasteiger partial charge in [-0.25, -0.2) is 14.6 Å². The average molecular weight is 396 g/mol. The summed E-state index contributed by atoms with van der Waals surface area (Å²) < 4.78 is 5.34. The number of aromatic nitrogens is 1. The molecule has 3 heterocycles. The molecule has 148 valence electrons. The van der Waals surface area contributed by atoms with E-state index in [2.05, 4.69) is 10.3 Å². The monoisotopic (exact) mass is 396 g/mol. The number of carbonyl (C=O) groups is 3. The van der Waals surface area contributed by atoms with Crippen molar-refractivity contribution in [2.45, 2.75) is 45.8 Å². The number of amides is 3. The van der Waals surface area contributed by atoms with Crippen molar-refractivity contribution in [1.82, 2.24) is 14.8 Å². The molecule has 1 saturated heterocycles. The Morgan fingerprint density at radius 3 is 2.67 bits per heavy atom. The summed E-state index contributed by atoms with van der Waals surface area (Å²) in [6.07, 6.45) is -0.239. The number of thiazole rings is 1. The van der Waals surface area contributed by atoms with Gasteiger partial charge in [0.25, 0.3) is 0 Å². The first-order valence-corrected chi connectivity index (χ1v) is 9.69. The summed E-state index contributed by atoms with van der Waals surface area (Å²) >= 11 is 1.31. The lowest BCUT2D eigenvalue weighted by Gasteiger charge is -2.24. The number of hydrogen-bond acceptors (Lipinski definition) is 6. The van der Waals surface area contributed by atoms with Gasteiger partial charge in [0.2, 0.25) is 5.91 Å². The Bertz CT molecular complexity index is 757. The van der Waals surface area contributed by atoms with Gasteiger partial charge in [-0.3, -0.25) is 4.79 Å². The summed E-state index contributed by atoms with van der Waals surface area (Å²) in [5, 5.41) is 12.4. The normalized spacial score (nSPS) is 19.6. The highest BCUT2D eigenvalue weighted by Crippen LogP contribution is 2.29. The van der Waals surface area contributed by atoms with E-state index in [1.807, 2.05) is 0 Å². The van der Waals surface area contributed by atoms with E-state index in [1.54, 1.807) is 25.7 Å². The van der Waals surface area contributed by atoms with Crippen LogP contribution in [0.4, 0.5) is 14.7 Å². The predicted octanol–water partition coefficient (Wildman–Crippen LogP) is 2.37. The zero-order chi connectivity index (χ0) is 19.8. The summed E-state index contributed by atoms with van der Waals surface area (Å²) in [6.45, 7) is 6.93. The van der Waals surface area contributed by atoms with Crippen molar-refractivity contribution in [2.24, 2.45) is 5.92 Å². The number of ether oxygens (including phenoxy) is 1. The van der Waals surface area contributed by atoms with Crippen LogP contribution in [0.2, 0.25) is 0 Å². The molecular formula is C17H24N4O5S. The Morgan fingerprint density at radius 2 is 2.00 bits per heavy atom. The van der Waals surface area contributed by atoms with E-state index < -0.39 is 17.8 Å². The zero-order valence-corrected chi connectivity index (χ0v) is 16.5. The van der Waals surface area contributed by atoms with Gasteiger partial charge in [-0.05, 0) is 27.2 Å². The number of fused-ring (bicyclic) bond motifs is 1. The second-order valence-electron chi connectivity index (χ2n) is 7.74. The third-order valence-electron chi connectivity index (χ3n) is 4.44. The van der Waals surface area contributed by atoms with Gasteiger partial charge in [-0.15, -0.1) is 0 Å². The molecule has 3 amide bonds. The fraction of sp³-hybridized carbons (Fsp3) is 0.647. The van der Waals surface area contributed by atoms with Crippen LogP contribution in [0.1, 0.15) is 37.8 Å². The molecule has 9 nitrogen and oxygen atoms in total. The smallest absolute Gasteiger partial charge is 0.410 e. The third kappa shape index (κ3) is 4.68. The standard InChI is InChI=1S/C17H24N4O5S/c1-17(2,3)26-16(25)21-6-4-10(8-21)13(22)19-14-18-11-5-7-20(15(23)24)9-12(11)27-14/h10H,4-9H2,1-3H3,(H,23,24)(H,18,19,22)/t10-/m0/s1. The topological polar surface area (TPSA) is 112 Å². The van der Waals surface area contributed by atoms with Gasteiger partial charge in [0.15, 0.2) is 5.13 Å². The number of nitrogens with one attached hydrogen (secondary N) is 1.